The highest BCUT2D eigenvalue weighted by Crippen LogP contribution is 2.42. The topological polar surface area (TPSA) is 75.0 Å². The summed E-state index contributed by atoms with van der Waals surface area (Å²) in [5.74, 6) is -0.0841. The summed E-state index contributed by atoms with van der Waals surface area (Å²) in [4.78, 5) is 29.8. The maximum absolute atomic E-state index is 14.3. The normalized spacial score (nSPS) is 20.6. The number of nitrogens with one attached hydrogen (secondary N) is 1. The molecule has 5 rings (SSSR count). The average molecular weight is 466 g/mol. The molecule has 2 aliphatic heterocycles. The molecule has 0 saturated carbocycles. The first-order chi connectivity index (χ1) is 16.4. The van der Waals surface area contributed by atoms with Crippen LogP contribution in [0.25, 0.3) is 11.0 Å². The molecule has 0 spiro atoms. The molecule has 34 heavy (non-hydrogen) atoms. The van der Waals surface area contributed by atoms with Gasteiger partial charge in [0.1, 0.15) is 11.4 Å². The van der Waals surface area contributed by atoms with Crippen LogP contribution < -0.4 is 15.6 Å². The third-order valence-corrected chi connectivity index (χ3v) is 6.72. The van der Waals surface area contributed by atoms with Crippen LogP contribution in [0.5, 0.6) is 0 Å². The van der Waals surface area contributed by atoms with Gasteiger partial charge in [0.2, 0.25) is 0 Å². The van der Waals surface area contributed by atoms with E-state index in [-0.39, 0.29) is 17.2 Å². The second kappa shape index (κ2) is 8.85. The summed E-state index contributed by atoms with van der Waals surface area (Å²) in [5, 5.41) is 3.89. The number of amides is 1. The lowest BCUT2D eigenvalue weighted by atomic mass is 9.80. The van der Waals surface area contributed by atoms with Gasteiger partial charge in [-0.25, -0.2) is 4.39 Å². The Bertz CT molecular complexity index is 1290. The molecule has 0 bridgehead atoms. The molecule has 0 aliphatic carbocycles. The van der Waals surface area contributed by atoms with Crippen LogP contribution in [0.15, 0.2) is 51.7 Å². The number of hydrogen-bond donors (Lipinski definition) is 1. The number of hydrogen-bond acceptors (Lipinski definition) is 6. The summed E-state index contributed by atoms with van der Waals surface area (Å²) in [6.45, 7) is 3.07. The number of morpholine rings is 1. The fourth-order valence-electron chi connectivity index (χ4n) is 5.01. The summed E-state index contributed by atoms with van der Waals surface area (Å²) in [6.07, 6.45) is 1.54. The van der Waals surface area contributed by atoms with E-state index in [1.165, 1.54) is 23.1 Å². The second-order valence-corrected chi connectivity index (χ2v) is 9.09. The van der Waals surface area contributed by atoms with Gasteiger partial charge >= 0.3 is 0 Å². The van der Waals surface area contributed by atoms with E-state index in [1.807, 2.05) is 11.0 Å². The van der Waals surface area contributed by atoms with Gasteiger partial charge in [0.05, 0.1) is 24.1 Å². The summed E-state index contributed by atoms with van der Waals surface area (Å²) in [5.41, 5.74) is 1.21. The molecule has 1 aromatic heterocycles. The molecule has 0 unspecified atom stereocenters. The summed E-state index contributed by atoms with van der Waals surface area (Å²) < 4.78 is 26.2. The van der Waals surface area contributed by atoms with Gasteiger partial charge in [0, 0.05) is 44.4 Å². The highest BCUT2D eigenvalue weighted by atomic mass is 19.1. The molecule has 2 aromatic carbocycles. The number of fused-ring (bicyclic) bond motifs is 1. The third kappa shape index (κ3) is 3.86. The third-order valence-electron chi connectivity index (χ3n) is 6.72. The Kier molecular flexibility index (Phi) is 5.87. The first kappa shape index (κ1) is 22.6. The van der Waals surface area contributed by atoms with Crippen molar-refractivity contribution in [3.8, 4) is 0 Å². The van der Waals surface area contributed by atoms with Crippen molar-refractivity contribution in [3.05, 3.63) is 75.2 Å². The Morgan fingerprint density at radius 1 is 1.15 bits per heavy atom. The van der Waals surface area contributed by atoms with Gasteiger partial charge < -0.3 is 24.3 Å². The van der Waals surface area contributed by atoms with Gasteiger partial charge in [0.15, 0.2) is 11.3 Å². The first-order valence-electron chi connectivity index (χ1n) is 11.6. The molecular formula is C26H28FN3O4. The lowest BCUT2D eigenvalue weighted by Gasteiger charge is -2.33. The lowest BCUT2D eigenvalue weighted by Crippen LogP contribution is -2.39. The Labute approximate surface area is 197 Å². The number of benzene rings is 2. The van der Waals surface area contributed by atoms with Crippen molar-refractivity contribution in [3.63, 3.8) is 0 Å². The number of rotatable bonds is 4. The van der Waals surface area contributed by atoms with Crippen molar-refractivity contribution >= 4 is 22.8 Å². The molecule has 0 radical (unpaired) electrons. The first-order valence-corrected chi connectivity index (χ1v) is 11.6. The van der Waals surface area contributed by atoms with Crippen LogP contribution in [-0.2, 0) is 10.3 Å². The van der Waals surface area contributed by atoms with Crippen LogP contribution in [0.4, 0.5) is 10.3 Å². The summed E-state index contributed by atoms with van der Waals surface area (Å²) in [6, 6.07) is 11.3. The van der Waals surface area contributed by atoms with Gasteiger partial charge in [-0.2, -0.15) is 0 Å². The second-order valence-electron chi connectivity index (χ2n) is 9.09. The van der Waals surface area contributed by atoms with E-state index in [4.69, 9.17) is 9.15 Å². The molecule has 2 fully saturated rings. The van der Waals surface area contributed by atoms with E-state index in [0.29, 0.717) is 60.7 Å². The zero-order chi connectivity index (χ0) is 23.9. The Balaban J connectivity index is 1.80. The zero-order valence-corrected chi connectivity index (χ0v) is 19.4. The largest absolute Gasteiger partial charge is 0.440 e. The van der Waals surface area contributed by atoms with Crippen molar-refractivity contribution < 1.29 is 18.3 Å². The fourth-order valence-corrected chi connectivity index (χ4v) is 5.01. The highest BCUT2D eigenvalue weighted by molar-refractivity contribution is 5.99. The maximum Gasteiger partial charge on any atom is 0.253 e. The smallest absolute Gasteiger partial charge is 0.253 e. The average Bonchev–Trinajstić information content (AvgIpc) is 3.34. The van der Waals surface area contributed by atoms with E-state index >= 15 is 0 Å². The van der Waals surface area contributed by atoms with Crippen LogP contribution >= 0.6 is 0 Å². The molecule has 1 N–H and O–H groups in total. The fraction of sp³-hybridized carbons (Fsp3) is 0.385. The van der Waals surface area contributed by atoms with Gasteiger partial charge in [-0.3, -0.25) is 9.59 Å². The number of nitrogens with zero attached hydrogens (tertiary/aromatic N) is 2. The minimum atomic E-state index is -0.789. The van der Waals surface area contributed by atoms with Gasteiger partial charge in [-0.05, 0) is 49.2 Å². The SMILES string of the molecule is CN(C)C(=O)c1cc([C@]2(c3cccc(F)c3)CCCN2)c2oc(N3CCOCC3)cc(=O)c2c1. The quantitative estimate of drug-likeness (QED) is 0.638. The predicted molar refractivity (Wildman–Crippen MR) is 128 cm³/mol. The van der Waals surface area contributed by atoms with Gasteiger partial charge in [0.25, 0.3) is 5.91 Å². The number of ether oxygens (including phenoxy) is 1. The Morgan fingerprint density at radius 2 is 1.94 bits per heavy atom. The Morgan fingerprint density at radius 3 is 2.62 bits per heavy atom. The minimum Gasteiger partial charge on any atom is -0.440 e. The zero-order valence-electron chi connectivity index (χ0n) is 19.4. The molecule has 1 amide bonds. The van der Waals surface area contributed by atoms with Crippen LogP contribution in [0, 0.1) is 5.82 Å². The molecule has 7 nitrogen and oxygen atoms in total. The van der Waals surface area contributed by atoms with Crippen LogP contribution in [0.1, 0.15) is 34.3 Å². The minimum absolute atomic E-state index is 0.216. The van der Waals surface area contributed by atoms with E-state index in [9.17, 15) is 14.0 Å². The van der Waals surface area contributed by atoms with E-state index < -0.39 is 5.54 Å². The van der Waals surface area contributed by atoms with Crippen LogP contribution in [-0.4, -0.2) is 57.8 Å². The molecule has 3 aromatic rings. The summed E-state index contributed by atoms with van der Waals surface area (Å²) in [7, 11) is 3.35. The molecule has 8 heteroatoms. The van der Waals surface area contributed by atoms with Crippen molar-refractivity contribution in [2.24, 2.45) is 0 Å². The number of carbonyl (C=O) groups is 1. The summed E-state index contributed by atoms with van der Waals surface area (Å²) >= 11 is 0. The van der Waals surface area contributed by atoms with Crippen molar-refractivity contribution in [2.75, 3.05) is 51.8 Å². The number of anilines is 1. The molecule has 2 aliphatic rings. The monoisotopic (exact) mass is 465 g/mol. The van der Waals surface area contributed by atoms with Crippen LogP contribution in [0.2, 0.25) is 0 Å². The molecular weight excluding hydrogens is 437 g/mol. The highest BCUT2D eigenvalue weighted by Gasteiger charge is 2.40. The van der Waals surface area contributed by atoms with E-state index in [0.717, 1.165) is 18.5 Å². The number of halogens is 1. The van der Waals surface area contributed by atoms with Gasteiger partial charge in [-0.15, -0.1) is 0 Å². The van der Waals surface area contributed by atoms with Crippen molar-refractivity contribution in [1.29, 1.82) is 0 Å². The maximum atomic E-state index is 14.3. The molecule has 1 atom stereocenters. The molecule has 3 heterocycles. The number of carbonyl (C=O) groups excluding carboxylic acids is 1. The predicted octanol–water partition coefficient (Wildman–Crippen LogP) is 3.10. The molecule has 178 valence electrons. The van der Waals surface area contributed by atoms with E-state index in [1.54, 1.807) is 32.3 Å². The van der Waals surface area contributed by atoms with Gasteiger partial charge in [-0.1, -0.05) is 12.1 Å². The molecule has 2 saturated heterocycles. The lowest BCUT2D eigenvalue weighted by molar-refractivity contribution is 0.0827. The van der Waals surface area contributed by atoms with Crippen LogP contribution in [0.3, 0.4) is 0 Å². The van der Waals surface area contributed by atoms with E-state index in [2.05, 4.69) is 5.32 Å². The van der Waals surface area contributed by atoms with Crippen molar-refractivity contribution in [1.82, 2.24) is 10.2 Å². The standard InChI is InChI=1S/C26H28FN3O4/c1-29(2)25(32)17-13-20-22(31)16-23(30-9-11-33-12-10-30)34-24(20)21(14-17)26(7-4-8-28-26)18-5-3-6-19(27)15-18/h3,5-6,13-16,28H,4,7-12H2,1-2H3/t26-/m1/s1. The van der Waals surface area contributed by atoms with Crippen molar-refractivity contribution in [2.45, 2.75) is 18.4 Å². The Hall–Kier alpha value is -3.23.